The summed E-state index contributed by atoms with van der Waals surface area (Å²) in [5.74, 6) is -3.73. The third-order valence-corrected chi connectivity index (χ3v) is 8.79. The van der Waals surface area contributed by atoms with Gasteiger partial charge in [-0.3, -0.25) is 28.8 Å². The number of phenolic OH excluding ortho intramolecular Hbond substituents is 1. The Hall–Kier alpha value is -5.72. The van der Waals surface area contributed by atoms with E-state index in [0.717, 1.165) is 16.7 Å². The number of nitrogens with one attached hydrogen (secondary N) is 5. The van der Waals surface area contributed by atoms with Gasteiger partial charge in [0.15, 0.2) is 0 Å². The van der Waals surface area contributed by atoms with Crippen LogP contribution in [0, 0.1) is 11.8 Å². The molecule has 0 heterocycles. The van der Waals surface area contributed by atoms with E-state index < -0.39 is 65.7 Å². The maximum atomic E-state index is 14.1. The van der Waals surface area contributed by atoms with Crippen LogP contribution >= 0.6 is 0 Å². The summed E-state index contributed by atoms with van der Waals surface area (Å²) in [4.78, 5) is 79.6. The summed E-state index contributed by atoms with van der Waals surface area (Å²) in [6.45, 7) is 8.79. The van der Waals surface area contributed by atoms with Gasteiger partial charge in [0.1, 0.15) is 36.0 Å². The van der Waals surface area contributed by atoms with Gasteiger partial charge in [-0.05, 0) is 60.4 Å². The number of benzene rings is 3. The lowest BCUT2D eigenvalue weighted by molar-refractivity contribution is -0.135. The fourth-order valence-corrected chi connectivity index (χ4v) is 5.75. The molecule has 6 amide bonds. The lowest BCUT2D eigenvalue weighted by Crippen LogP contribution is -2.60. The zero-order valence-electron chi connectivity index (χ0n) is 31.6. The molecule has 54 heavy (non-hydrogen) atoms. The summed E-state index contributed by atoms with van der Waals surface area (Å²) in [6.07, 6.45) is 0.974. The summed E-state index contributed by atoms with van der Waals surface area (Å²) in [5, 5.41) is 23.2. The van der Waals surface area contributed by atoms with Gasteiger partial charge in [-0.2, -0.15) is 0 Å². The minimum absolute atomic E-state index is 0.0699. The highest BCUT2D eigenvalue weighted by Crippen LogP contribution is 2.13. The monoisotopic (exact) mass is 742 g/mol. The molecule has 0 unspecified atom stereocenters. The van der Waals surface area contributed by atoms with Crippen LogP contribution in [0.25, 0.3) is 0 Å². The molecule has 8 N–H and O–H groups in total. The van der Waals surface area contributed by atoms with Crippen LogP contribution in [0.15, 0.2) is 84.9 Å². The van der Waals surface area contributed by atoms with Gasteiger partial charge in [0.05, 0.1) is 0 Å². The Bertz CT molecular complexity index is 1700. The van der Waals surface area contributed by atoms with Crippen LogP contribution in [0.2, 0.25) is 0 Å². The SMILES string of the molecule is CC(C)C[C@@H](NC(=O)[C@H](NC(=O)[C@@H](Cc1ccccc1)NC(=O)[C@@H](Cc1ccccc1)NC(=O)[C@@H](C)NC(=O)CCc1ccc(O)cc1)C(C)C)C(N)=O. The standard InChI is InChI=1S/C41H54N6O7/c1-25(2)22-32(37(42)50)44-41(54)36(26(3)4)47-40(53)34(24-30-14-10-7-11-15-30)46-39(52)33(23-29-12-8-6-9-13-29)45-38(51)27(5)43-35(49)21-18-28-16-19-31(48)20-17-28/h6-17,19-20,25-27,32-34,36,48H,18,21-24H2,1-5H3,(H2,42,50)(H,43,49)(H,44,54)(H,45,51)(H,46,52)(H,47,53)/t27-,32-,33-,34-,36-/m1/s1. The number of aromatic hydroxyl groups is 1. The highest BCUT2D eigenvalue weighted by molar-refractivity contribution is 5.96. The number of nitrogens with two attached hydrogens (primary N) is 1. The number of phenols is 1. The van der Waals surface area contributed by atoms with E-state index in [1.54, 1.807) is 74.5 Å². The van der Waals surface area contributed by atoms with Gasteiger partial charge in [0.2, 0.25) is 35.4 Å². The van der Waals surface area contributed by atoms with Crippen molar-refractivity contribution in [2.24, 2.45) is 17.6 Å². The molecule has 0 aliphatic carbocycles. The Morgan fingerprint density at radius 1 is 0.574 bits per heavy atom. The van der Waals surface area contributed by atoms with Crippen molar-refractivity contribution in [1.82, 2.24) is 26.6 Å². The fraction of sp³-hybridized carbons (Fsp3) is 0.415. The molecule has 0 aromatic heterocycles. The lowest BCUT2D eigenvalue weighted by atomic mass is 9.98. The van der Waals surface area contributed by atoms with Crippen LogP contribution in [0.3, 0.4) is 0 Å². The molecule has 0 bridgehead atoms. The Balaban J connectivity index is 1.79. The van der Waals surface area contributed by atoms with Crippen LogP contribution in [-0.2, 0) is 48.0 Å². The minimum atomic E-state index is -1.16. The van der Waals surface area contributed by atoms with E-state index in [0.29, 0.717) is 12.8 Å². The molecule has 3 aromatic rings. The van der Waals surface area contributed by atoms with Crippen molar-refractivity contribution in [2.45, 2.75) is 96.9 Å². The van der Waals surface area contributed by atoms with E-state index in [-0.39, 0.29) is 36.8 Å². The summed E-state index contributed by atoms with van der Waals surface area (Å²) < 4.78 is 0. The van der Waals surface area contributed by atoms with E-state index in [4.69, 9.17) is 5.73 Å². The van der Waals surface area contributed by atoms with Crippen molar-refractivity contribution in [3.05, 3.63) is 102 Å². The molecule has 0 saturated carbocycles. The van der Waals surface area contributed by atoms with E-state index in [1.807, 2.05) is 26.0 Å². The summed E-state index contributed by atoms with van der Waals surface area (Å²) >= 11 is 0. The predicted octanol–water partition coefficient (Wildman–Crippen LogP) is 2.44. The fourth-order valence-electron chi connectivity index (χ4n) is 5.75. The van der Waals surface area contributed by atoms with Crippen LogP contribution in [0.1, 0.15) is 64.2 Å². The minimum Gasteiger partial charge on any atom is -0.508 e. The summed E-state index contributed by atoms with van der Waals surface area (Å²) in [7, 11) is 0. The first-order chi connectivity index (χ1) is 25.6. The zero-order valence-corrected chi connectivity index (χ0v) is 31.6. The topological polar surface area (TPSA) is 209 Å². The Morgan fingerprint density at radius 2 is 1.06 bits per heavy atom. The van der Waals surface area contributed by atoms with E-state index in [1.165, 1.54) is 19.1 Å². The summed E-state index contributed by atoms with van der Waals surface area (Å²) in [5.41, 5.74) is 7.88. The first-order valence-corrected chi connectivity index (χ1v) is 18.3. The van der Waals surface area contributed by atoms with Crippen molar-refractivity contribution in [1.29, 1.82) is 0 Å². The number of carbonyl (C=O) groups excluding carboxylic acids is 6. The van der Waals surface area contributed by atoms with E-state index in [2.05, 4.69) is 26.6 Å². The highest BCUT2D eigenvalue weighted by Gasteiger charge is 2.33. The van der Waals surface area contributed by atoms with Gasteiger partial charge in [-0.1, -0.05) is 100 Å². The number of rotatable bonds is 20. The molecule has 290 valence electrons. The molecule has 3 rings (SSSR count). The lowest BCUT2D eigenvalue weighted by Gasteiger charge is -2.28. The van der Waals surface area contributed by atoms with Crippen LogP contribution in [0.4, 0.5) is 0 Å². The molecule has 3 aromatic carbocycles. The third kappa shape index (κ3) is 14.4. The van der Waals surface area contributed by atoms with Crippen LogP contribution in [-0.4, -0.2) is 70.8 Å². The van der Waals surface area contributed by atoms with Gasteiger partial charge in [0, 0.05) is 19.3 Å². The van der Waals surface area contributed by atoms with Crippen molar-refractivity contribution in [2.75, 3.05) is 0 Å². The van der Waals surface area contributed by atoms with Gasteiger partial charge in [0.25, 0.3) is 0 Å². The zero-order chi connectivity index (χ0) is 39.8. The smallest absolute Gasteiger partial charge is 0.243 e. The van der Waals surface area contributed by atoms with Crippen LogP contribution < -0.4 is 32.3 Å². The molecule has 0 aliphatic rings. The van der Waals surface area contributed by atoms with Crippen molar-refractivity contribution in [3.63, 3.8) is 0 Å². The number of hydrogen-bond donors (Lipinski definition) is 7. The normalized spacial score (nSPS) is 13.8. The Morgan fingerprint density at radius 3 is 1.54 bits per heavy atom. The molecule has 0 aliphatic heterocycles. The number of hydrogen-bond acceptors (Lipinski definition) is 7. The van der Waals surface area contributed by atoms with Gasteiger partial charge >= 0.3 is 0 Å². The van der Waals surface area contributed by atoms with Crippen LogP contribution in [0.5, 0.6) is 5.75 Å². The quantitative estimate of drug-likeness (QED) is 0.0919. The molecular formula is C41H54N6O7. The van der Waals surface area contributed by atoms with Gasteiger partial charge in [-0.25, -0.2) is 0 Å². The predicted molar refractivity (Wildman–Crippen MR) is 206 cm³/mol. The molecule has 13 nitrogen and oxygen atoms in total. The van der Waals surface area contributed by atoms with E-state index in [9.17, 15) is 33.9 Å². The molecule has 0 fully saturated rings. The van der Waals surface area contributed by atoms with Crippen molar-refractivity contribution >= 4 is 35.4 Å². The van der Waals surface area contributed by atoms with Crippen molar-refractivity contribution in [3.8, 4) is 5.75 Å². The number of aryl methyl sites for hydroxylation is 1. The molecule has 0 spiro atoms. The number of primary amides is 1. The molecular weight excluding hydrogens is 688 g/mol. The first-order valence-electron chi connectivity index (χ1n) is 18.3. The molecule has 5 atom stereocenters. The highest BCUT2D eigenvalue weighted by atomic mass is 16.3. The van der Waals surface area contributed by atoms with Crippen molar-refractivity contribution < 1.29 is 33.9 Å². The van der Waals surface area contributed by atoms with Gasteiger partial charge in [-0.15, -0.1) is 0 Å². The second-order valence-corrected chi connectivity index (χ2v) is 14.3. The average molecular weight is 743 g/mol. The number of carbonyl (C=O) groups is 6. The average Bonchev–Trinajstić information content (AvgIpc) is 3.13. The maximum absolute atomic E-state index is 14.1. The molecule has 0 radical (unpaired) electrons. The van der Waals surface area contributed by atoms with E-state index >= 15 is 0 Å². The van der Waals surface area contributed by atoms with Gasteiger partial charge < -0.3 is 37.4 Å². The molecule has 13 heteroatoms. The second kappa shape index (κ2) is 21.1. The summed E-state index contributed by atoms with van der Waals surface area (Å²) in [6, 6.07) is 19.3. The molecule has 0 saturated heterocycles. The Kier molecular flexibility index (Phi) is 16.7. The Labute approximate surface area is 317 Å². The largest absolute Gasteiger partial charge is 0.508 e. The third-order valence-electron chi connectivity index (χ3n) is 8.79. The number of amides is 6. The second-order valence-electron chi connectivity index (χ2n) is 14.3. The maximum Gasteiger partial charge on any atom is 0.243 e. The first kappa shape index (κ1) is 42.7.